The summed E-state index contributed by atoms with van der Waals surface area (Å²) in [6.45, 7) is 0.114. The molecule has 3 rings (SSSR count). The largest absolute Gasteiger partial charge is 0.455 e. The molecular formula is C21H18ClNO3S. The number of rotatable bonds is 7. The first-order valence-electron chi connectivity index (χ1n) is 8.40. The molecule has 0 saturated heterocycles. The predicted octanol–water partition coefficient (Wildman–Crippen LogP) is 4.44. The maximum atomic E-state index is 12.0. The predicted molar refractivity (Wildman–Crippen MR) is 109 cm³/mol. The molecule has 138 valence electrons. The maximum absolute atomic E-state index is 12.0. The lowest BCUT2D eigenvalue weighted by molar-refractivity contribution is -0.145. The molecule has 1 amide bonds. The molecule has 0 aromatic heterocycles. The van der Waals surface area contributed by atoms with Crippen molar-refractivity contribution >= 4 is 46.0 Å². The van der Waals surface area contributed by atoms with Crippen LogP contribution in [0.15, 0.2) is 71.6 Å². The number of amides is 1. The number of ether oxygens (including phenoxy) is 1. The van der Waals surface area contributed by atoms with Crippen molar-refractivity contribution < 1.29 is 14.3 Å². The highest BCUT2D eigenvalue weighted by atomic mass is 35.5. The van der Waals surface area contributed by atoms with Gasteiger partial charge in [0.2, 0.25) is 0 Å². The van der Waals surface area contributed by atoms with Gasteiger partial charge in [0.05, 0.1) is 5.75 Å². The molecule has 0 heterocycles. The van der Waals surface area contributed by atoms with Crippen LogP contribution in [0.1, 0.15) is 5.56 Å². The Hall–Kier alpha value is -2.50. The van der Waals surface area contributed by atoms with Crippen LogP contribution in [-0.2, 0) is 20.9 Å². The summed E-state index contributed by atoms with van der Waals surface area (Å²) < 4.78 is 5.05. The molecule has 0 fully saturated rings. The second-order valence-electron chi connectivity index (χ2n) is 5.81. The lowest BCUT2D eigenvalue weighted by Crippen LogP contribution is -2.28. The Bertz CT molecular complexity index is 941. The molecule has 3 aromatic carbocycles. The number of halogens is 1. The molecule has 4 nitrogen and oxygen atoms in total. The highest BCUT2D eigenvalue weighted by Crippen LogP contribution is 2.33. The Labute approximate surface area is 166 Å². The first kappa shape index (κ1) is 19.3. The molecule has 0 saturated carbocycles. The number of hydrogen-bond acceptors (Lipinski definition) is 4. The van der Waals surface area contributed by atoms with Crippen LogP contribution < -0.4 is 5.32 Å². The standard InChI is InChI=1S/C21H18ClNO3S/c22-17-10-4-8-16-9-5-11-18(21(16)17)27-14-20(25)26-13-19(24)23-12-15-6-2-1-3-7-15/h1-11H,12-14H2,(H,23,24). The molecule has 0 spiro atoms. The quantitative estimate of drug-likeness (QED) is 0.471. The van der Waals surface area contributed by atoms with Crippen LogP contribution in [0.2, 0.25) is 5.02 Å². The minimum atomic E-state index is -0.445. The average Bonchev–Trinajstić information content (AvgIpc) is 2.70. The fourth-order valence-corrected chi connectivity index (χ4v) is 3.80. The van der Waals surface area contributed by atoms with Gasteiger partial charge in [0, 0.05) is 21.8 Å². The van der Waals surface area contributed by atoms with Crippen LogP contribution in [0.25, 0.3) is 10.8 Å². The molecular weight excluding hydrogens is 382 g/mol. The summed E-state index contributed by atoms with van der Waals surface area (Å²) in [5.74, 6) is -0.666. The van der Waals surface area contributed by atoms with E-state index in [2.05, 4.69) is 5.32 Å². The van der Waals surface area contributed by atoms with Gasteiger partial charge in [0.15, 0.2) is 6.61 Å². The molecule has 0 radical (unpaired) electrons. The van der Waals surface area contributed by atoms with Crippen LogP contribution in [0.3, 0.4) is 0 Å². The van der Waals surface area contributed by atoms with Crippen LogP contribution in [0.5, 0.6) is 0 Å². The number of carbonyl (C=O) groups is 2. The van der Waals surface area contributed by atoms with Gasteiger partial charge in [-0.25, -0.2) is 0 Å². The number of fused-ring (bicyclic) bond motifs is 1. The molecule has 3 aromatic rings. The first-order chi connectivity index (χ1) is 13.1. The minimum Gasteiger partial charge on any atom is -0.455 e. The van der Waals surface area contributed by atoms with Crippen molar-refractivity contribution in [3.05, 3.63) is 77.3 Å². The van der Waals surface area contributed by atoms with E-state index in [4.69, 9.17) is 16.3 Å². The van der Waals surface area contributed by atoms with Gasteiger partial charge in [-0.15, -0.1) is 11.8 Å². The summed E-state index contributed by atoms with van der Waals surface area (Å²) in [6, 6.07) is 21.0. The zero-order valence-electron chi connectivity index (χ0n) is 14.5. The zero-order valence-corrected chi connectivity index (χ0v) is 16.1. The van der Waals surface area contributed by atoms with Crippen molar-refractivity contribution in [1.29, 1.82) is 0 Å². The fourth-order valence-electron chi connectivity index (χ4n) is 2.55. The second kappa shape index (κ2) is 9.44. The summed E-state index contributed by atoms with van der Waals surface area (Å²) in [7, 11) is 0. The number of carbonyl (C=O) groups excluding carboxylic acids is 2. The van der Waals surface area contributed by atoms with E-state index in [0.29, 0.717) is 11.6 Å². The summed E-state index contributed by atoms with van der Waals surface area (Å²) in [5, 5.41) is 5.29. The monoisotopic (exact) mass is 399 g/mol. The Morgan fingerprint density at radius 3 is 2.48 bits per heavy atom. The summed E-state index contributed by atoms with van der Waals surface area (Å²) in [4.78, 5) is 24.7. The SMILES string of the molecule is O=C(COC(=O)CSc1cccc2cccc(Cl)c12)NCc1ccccc1. The topological polar surface area (TPSA) is 55.4 Å². The van der Waals surface area contributed by atoms with Crippen LogP contribution in [0, 0.1) is 0 Å². The third kappa shape index (κ3) is 5.49. The van der Waals surface area contributed by atoms with E-state index in [1.165, 1.54) is 11.8 Å². The Balaban J connectivity index is 1.47. The average molecular weight is 400 g/mol. The molecule has 0 atom stereocenters. The van der Waals surface area contributed by atoms with E-state index in [1.54, 1.807) is 0 Å². The first-order valence-corrected chi connectivity index (χ1v) is 9.76. The molecule has 0 unspecified atom stereocenters. The highest BCUT2D eigenvalue weighted by Gasteiger charge is 2.11. The van der Waals surface area contributed by atoms with Crippen LogP contribution >= 0.6 is 23.4 Å². The van der Waals surface area contributed by atoms with E-state index < -0.39 is 5.97 Å². The third-order valence-corrected chi connectivity index (χ3v) is 5.20. The van der Waals surface area contributed by atoms with Crippen molar-refractivity contribution in [2.24, 2.45) is 0 Å². The van der Waals surface area contributed by atoms with E-state index in [0.717, 1.165) is 21.2 Å². The van der Waals surface area contributed by atoms with Crippen molar-refractivity contribution in [2.75, 3.05) is 12.4 Å². The molecule has 0 bridgehead atoms. The van der Waals surface area contributed by atoms with E-state index in [1.807, 2.05) is 66.7 Å². The summed E-state index contributed by atoms with van der Waals surface area (Å²) in [6.07, 6.45) is 0. The summed E-state index contributed by atoms with van der Waals surface area (Å²) in [5.41, 5.74) is 0.987. The van der Waals surface area contributed by atoms with Gasteiger partial charge < -0.3 is 10.1 Å². The molecule has 27 heavy (non-hydrogen) atoms. The van der Waals surface area contributed by atoms with Crippen molar-refractivity contribution in [1.82, 2.24) is 5.32 Å². The molecule has 0 aliphatic carbocycles. The van der Waals surface area contributed by atoms with Crippen LogP contribution in [0.4, 0.5) is 0 Å². The van der Waals surface area contributed by atoms with Gasteiger partial charge in [0.1, 0.15) is 0 Å². The summed E-state index contributed by atoms with van der Waals surface area (Å²) >= 11 is 7.63. The van der Waals surface area contributed by atoms with Crippen LogP contribution in [-0.4, -0.2) is 24.2 Å². The van der Waals surface area contributed by atoms with Crippen molar-refractivity contribution in [2.45, 2.75) is 11.4 Å². The van der Waals surface area contributed by atoms with Gasteiger partial charge in [0.25, 0.3) is 5.91 Å². The van der Waals surface area contributed by atoms with Gasteiger partial charge in [-0.2, -0.15) is 0 Å². The Morgan fingerprint density at radius 1 is 0.963 bits per heavy atom. The molecule has 0 aliphatic rings. The minimum absolute atomic E-state index is 0.107. The van der Waals surface area contributed by atoms with Gasteiger partial charge >= 0.3 is 5.97 Å². The number of nitrogens with one attached hydrogen (secondary N) is 1. The van der Waals surface area contributed by atoms with Gasteiger partial charge in [-0.05, 0) is 23.1 Å². The van der Waals surface area contributed by atoms with Gasteiger partial charge in [-0.1, -0.05) is 66.2 Å². The molecule has 1 N–H and O–H groups in total. The van der Waals surface area contributed by atoms with Gasteiger partial charge in [-0.3, -0.25) is 9.59 Å². The molecule has 6 heteroatoms. The smallest absolute Gasteiger partial charge is 0.316 e. The fraction of sp³-hybridized carbons (Fsp3) is 0.143. The van der Waals surface area contributed by atoms with Crippen molar-refractivity contribution in [3.63, 3.8) is 0 Å². The number of esters is 1. The van der Waals surface area contributed by atoms with E-state index >= 15 is 0 Å². The van der Waals surface area contributed by atoms with E-state index in [9.17, 15) is 9.59 Å². The Kier molecular flexibility index (Phi) is 6.74. The Morgan fingerprint density at radius 2 is 1.70 bits per heavy atom. The van der Waals surface area contributed by atoms with E-state index in [-0.39, 0.29) is 18.3 Å². The highest BCUT2D eigenvalue weighted by molar-refractivity contribution is 8.00. The second-order valence-corrected chi connectivity index (χ2v) is 7.23. The lowest BCUT2D eigenvalue weighted by Gasteiger charge is -2.09. The zero-order chi connectivity index (χ0) is 19.1. The molecule has 0 aliphatic heterocycles. The lowest BCUT2D eigenvalue weighted by atomic mass is 10.1. The van der Waals surface area contributed by atoms with Crippen molar-refractivity contribution in [3.8, 4) is 0 Å². The third-order valence-electron chi connectivity index (χ3n) is 3.86. The number of hydrogen-bond donors (Lipinski definition) is 1. The number of benzene rings is 3. The number of thioether (sulfide) groups is 1. The maximum Gasteiger partial charge on any atom is 0.316 e. The normalized spacial score (nSPS) is 10.6.